The summed E-state index contributed by atoms with van der Waals surface area (Å²) in [7, 11) is 0. The van der Waals surface area contributed by atoms with Gasteiger partial charge in [-0.2, -0.15) is 5.10 Å². The summed E-state index contributed by atoms with van der Waals surface area (Å²) in [6, 6.07) is 19.0. The maximum Gasteiger partial charge on any atom is 0.267 e. The molecule has 0 fully saturated rings. The number of amides is 1. The highest BCUT2D eigenvalue weighted by atomic mass is 16.5. The van der Waals surface area contributed by atoms with Crippen LogP contribution >= 0.6 is 0 Å². The summed E-state index contributed by atoms with van der Waals surface area (Å²) in [5, 5.41) is 7.19. The number of nitrogens with zero attached hydrogens (tertiary/aromatic N) is 2. The third-order valence-electron chi connectivity index (χ3n) is 4.09. The van der Waals surface area contributed by atoms with Crippen LogP contribution in [0.4, 0.5) is 5.69 Å². The fraction of sp³-hybridized carbons (Fsp3) is 0.190. The van der Waals surface area contributed by atoms with E-state index in [0.29, 0.717) is 23.7 Å². The second kappa shape index (κ2) is 8.31. The van der Waals surface area contributed by atoms with Crippen molar-refractivity contribution in [2.24, 2.45) is 0 Å². The molecule has 1 unspecified atom stereocenters. The first-order valence-corrected chi connectivity index (χ1v) is 8.78. The highest BCUT2D eigenvalue weighted by Gasteiger charge is 2.19. The van der Waals surface area contributed by atoms with Gasteiger partial charge in [0, 0.05) is 11.6 Å². The summed E-state index contributed by atoms with van der Waals surface area (Å²) < 4.78 is 6.72. The number of para-hydroxylation sites is 2. The van der Waals surface area contributed by atoms with E-state index < -0.39 is 6.04 Å². The summed E-state index contributed by atoms with van der Waals surface area (Å²) in [6.07, 6.45) is 0. The van der Waals surface area contributed by atoms with Crippen LogP contribution in [0.25, 0.3) is 11.3 Å². The lowest BCUT2D eigenvalue weighted by molar-refractivity contribution is -0.119. The molecule has 27 heavy (non-hydrogen) atoms. The molecule has 0 aliphatic heterocycles. The SMILES string of the molecule is CCOc1ccccc1NC(=O)C(C)n1nc(-c2ccccc2)ccc1=O. The second-order valence-electron chi connectivity index (χ2n) is 5.96. The maximum atomic E-state index is 12.7. The average molecular weight is 363 g/mol. The first kappa shape index (κ1) is 18.4. The van der Waals surface area contributed by atoms with E-state index >= 15 is 0 Å². The molecule has 1 N–H and O–H groups in total. The maximum absolute atomic E-state index is 12.7. The number of anilines is 1. The van der Waals surface area contributed by atoms with Crippen molar-refractivity contribution in [3.63, 3.8) is 0 Å². The summed E-state index contributed by atoms with van der Waals surface area (Å²) in [4.78, 5) is 25.0. The van der Waals surface area contributed by atoms with E-state index in [1.807, 2.05) is 49.4 Å². The fourth-order valence-electron chi connectivity index (χ4n) is 2.67. The first-order valence-electron chi connectivity index (χ1n) is 8.78. The normalized spacial score (nSPS) is 11.6. The van der Waals surface area contributed by atoms with Gasteiger partial charge in [-0.1, -0.05) is 42.5 Å². The Bertz CT molecular complexity index is 983. The Morgan fingerprint density at radius 3 is 2.52 bits per heavy atom. The Morgan fingerprint density at radius 2 is 1.78 bits per heavy atom. The zero-order valence-corrected chi connectivity index (χ0v) is 15.3. The number of hydrogen-bond donors (Lipinski definition) is 1. The van der Waals surface area contributed by atoms with Crippen LogP contribution in [-0.4, -0.2) is 22.3 Å². The van der Waals surface area contributed by atoms with Crippen LogP contribution in [-0.2, 0) is 4.79 Å². The van der Waals surface area contributed by atoms with Gasteiger partial charge in [-0.15, -0.1) is 0 Å². The van der Waals surface area contributed by atoms with Gasteiger partial charge in [-0.3, -0.25) is 9.59 Å². The number of hydrogen-bond acceptors (Lipinski definition) is 4. The molecule has 0 saturated carbocycles. The molecule has 6 nitrogen and oxygen atoms in total. The molecule has 1 heterocycles. The molecule has 0 saturated heterocycles. The molecule has 0 aliphatic rings. The fourth-order valence-corrected chi connectivity index (χ4v) is 2.67. The Morgan fingerprint density at radius 1 is 1.07 bits per heavy atom. The van der Waals surface area contributed by atoms with Gasteiger partial charge in [0.2, 0.25) is 5.91 Å². The quantitative estimate of drug-likeness (QED) is 0.727. The summed E-state index contributed by atoms with van der Waals surface area (Å²) in [5.41, 5.74) is 1.73. The molecule has 2 aromatic carbocycles. The monoisotopic (exact) mass is 363 g/mol. The molecule has 1 amide bonds. The third kappa shape index (κ3) is 4.23. The molecular formula is C21H21N3O3. The van der Waals surface area contributed by atoms with Crippen molar-refractivity contribution in [2.45, 2.75) is 19.9 Å². The molecule has 1 aromatic heterocycles. The molecule has 6 heteroatoms. The van der Waals surface area contributed by atoms with Crippen LogP contribution in [0.3, 0.4) is 0 Å². The molecule has 138 valence electrons. The van der Waals surface area contributed by atoms with Gasteiger partial charge in [-0.25, -0.2) is 4.68 Å². The molecule has 0 aliphatic carbocycles. The summed E-state index contributed by atoms with van der Waals surface area (Å²) >= 11 is 0. The minimum atomic E-state index is -0.782. The van der Waals surface area contributed by atoms with Crippen LogP contribution < -0.4 is 15.6 Å². The number of carbonyl (C=O) groups excluding carboxylic acids is 1. The predicted molar refractivity (Wildman–Crippen MR) is 105 cm³/mol. The Balaban J connectivity index is 1.86. The van der Waals surface area contributed by atoms with Gasteiger partial charge in [0.15, 0.2) is 0 Å². The first-order chi connectivity index (χ1) is 13.1. The molecule has 0 bridgehead atoms. The zero-order valence-electron chi connectivity index (χ0n) is 15.3. The van der Waals surface area contributed by atoms with Crippen LogP contribution in [0, 0.1) is 0 Å². The average Bonchev–Trinajstić information content (AvgIpc) is 2.70. The number of benzene rings is 2. The van der Waals surface area contributed by atoms with Crippen molar-refractivity contribution in [1.29, 1.82) is 0 Å². The number of nitrogens with one attached hydrogen (secondary N) is 1. The lowest BCUT2D eigenvalue weighted by Gasteiger charge is -2.16. The Hall–Kier alpha value is -3.41. The minimum absolute atomic E-state index is 0.338. The summed E-state index contributed by atoms with van der Waals surface area (Å²) in [6.45, 7) is 4.00. The van der Waals surface area contributed by atoms with Crippen molar-refractivity contribution in [2.75, 3.05) is 11.9 Å². The molecule has 3 aromatic rings. The molecule has 0 radical (unpaired) electrons. The topological polar surface area (TPSA) is 73.2 Å². The zero-order chi connectivity index (χ0) is 19.2. The van der Waals surface area contributed by atoms with E-state index in [9.17, 15) is 9.59 Å². The third-order valence-corrected chi connectivity index (χ3v) is 4.09. The van der Waals surface area contributed by atoms with Gasteiger partial charge in [-0.05, 0) is 32.0 Å². The van der Waals surface area contributed by atoms with E-state index in [-0.39, 0.29) is 11.5 Å². The lowest BCUT2D eigenvalue weighted by Crippen LogP contribution is -2.33. The lowest BCUT2D eigenvalue weighted by atomic mass is 10.1. The number of ether oxygens (including phenoxy) is 1. The van der Waals surface area contributed by atoms with Crippen molar-refractivity contribution in [3.8, 4) is 17.0 Å². The van der Waals surface area contributed by atoms with Crippen LogP contribution in [0.2, 0.25) is 0 Å². The van der Waals surface area contributed by atoms with Crippen LogP contribution in [0.1, 0.15) is 19.9 Å². The molecule has 0 spiro atoms. The van der Waals surface area contributed by atoms with Crippen molar-refractivity contribution in [3.05, 3.63) is 77.1 Å². The number of rotatable bonds is 6. The highest BCUT2D eigenvalue weighted by molar-refractivity contribution is 5.94. The van der Waals surface area contributed by atoms with Gasteiger partial charge in [0.25, 0.3) is 5.56 Å². The predicted octanol–water partition coefficient (Wildman–Crippen LogP) is 3.51. The second-order valence-corrected chi connectivity index (χ2v) is 5.96. The highest BCUT2D eigenvalue weighted by Crippen LogP contribution is 2.24. The van der Waals surface area contributed by atoms with Gasteiger partial charge >= 0.3 is 0 Å². The Kier molecular flexibility index (Phi) is 5.66. The minimum Gasteiger partial charge on any atom is -0.492 e. The van der Waals surface area contributed by atoms with Crippen molar-refractivity contribution in [1.82, 2.24) is 9.78 Å². The van der Waals surface area contributed by atoms with E-state index in [0.717, 1.165) is 5.56 Å². The van der Waals surface area contributed by atoms with E-state index in [2.05, 4.69) is 10.4 Å². The number of aromatic nitrogens is 2. The van der Waals surface area contributed by atoms with Gasteiger partial charge in [0.1, 0.15) is 11.8 Å². The van der Waals surface area contributed by atoms with Crippen molar-refractivity contribution >= 4 is 11.6 Å². The van der Waals surface area contributed by atoms with E-state index in [1.165, 1.54) is 10.7 Å². The van der Waals surface area contributed by atoms with Gasteiger partial charge < -0.3 is 10.1 Å². The smallest absolute Gasteiger partial charge is 0.267 e. The Labute approximate surface area is 157 Å². The van der Waals surface area contributed by atoms with E-state index in [1.54, 1.807) is 25.1 Å². The van der Waals surface area contributed by atoms with E-state index in [4.69, 9.17) is 4.74 Å². The number of carbonyl (C=O) groups is 1. The molecule has 1 atom stereocenters. The van der Waals surface area contributed by atoms with Gasteiger partial charge in [0.05, 0.1) is 18.0 Å². The molecule has 3 rings (SSSR count). The van der Waals surface area contributed by atoms with Crippen LogP contribution in [0.5, 0.6) is 5.75 Å². The van der Waals surface area contributed by atoms with Crippen molar-refractivity contribution < 1.29 is 9.53 Å². The standard InChI is InChI=1S/C21H21N3O3/c1-3-27-19-12-8-7-11-18(19)22-21(26)15(2)24-20(25)14-13-17(23-24)16-9-5-4-6-10-16/h4-15H,3H2,1-2H3,(H,22,26). The molecular weight excluding hydrogens is 342 g/mol. The summed E-state index contributed by atoms with van der Waals surface area (Å²) in [5.74, 6) is 0.237. The van der Waals surface area contributed by atoms with Crippen LogP contribution in [0.15, 0.2) is 71.5 Å². The largest absolute Gasteiger partial charge is 0.492 e.